The molecule has 2 aliphatic heterocycles. The second kappa shape index (κ2) is 5.66. The number of ether oxygens (including phenoxy) is 1. The van der Waals surface area contributed by atoms with Crippen LogP contribution >= 0.6 is 0 Å². The van der Waals surface area contributed by atoms with E-state index in [0.29, 0.717) is 12.0 Å². The first-order valence-electron chi connectivity index (χ1n) is 7.40. The van der Waals surface area contributed by atoms with E-state index in [1.807, 2.05) is 0 Å². The van der Waals surface area contributed by atoms with Gasteiger partial charge in [-0.1, -0.05) is 13.8 Å². The van der Waals surface area contributed by atoms with Gasteiger partial charge in [-0.2, -0.15) is 0 Å². The fourth-order valence-corrected chi connectivity index (χ4v) is 3.01. The number of aliphatic hydroxyl groups excluding tert-OH is 2. The number of hydrogen-bond acceptors (Lipinski definition) is 6. The highest BCUT2D eigenvalue weighted by molar-refractivity contribution is 5.80. The van der Waals surface area contributed by atoms with Crippen LogP contribution in [0.2, 0.25) is 0 Å². The molecule has 2 rings (SSSR count). The van der Waals surface area contributed by atoms with Crippen LogP contribution < -0.4 is 0 Å². The average molecular weight is 313 g/mol. The number of carbonyl (C=O) groups excluding carboxylic acids is 1. The predicted octanol–water partition coefficient (Wildman–Crippen LogP) is 0.725. The van der Waals surface area contributed by atoms with Gasteiger partial charge in [0.25, 0.3) is 0 Å². The summed E-state index contributed by atoms with van der Waals surface area (Å²) in [5.74, 6) is -1.44. The fourth-order valence-electron chi connectivity index (χ4n) is 3.01. The van der Waals surface area contributed by atoms with E-state index in [-0.39, 0.29) is 31.2 Å². The SMILES string of the molecule is CC(C)C(O)(C(=O)OCC1=CC[N+]2([O-])CCC(O)=C12)C(C)O. The molecular formula is C15H23NO6. The molecule has 2 heterocycles. The molecule has 3 unspecified atom stereocenters. The van der Waals surface area contributed by atoms with E-state index in [0.717, 1.165) is 0 Å². The van der Waals surface area contributed by atoms with Crippen LogP contribution in [0.15, 0.2) is 23.1 Å². The highest BCUT2D eigenvalue weighted by Crippen LogP contribution is 2.38. The van der Waals surface area contributed by atoms with Gasteiger partial charge in [0.1, 0.15) is 13.2 Å². The van der Waals surface area contributed by atoms with Crippen LogP contribution in [0.3, 0.4) is 0 Å². The van der Waals surface area contributed by atoms with Crippen molar-refractivity contribution >= 4 is 5.97 Å². The van der Waals surface area contributed by atoms with Gasteiger partial charge in [0.2, 0.25) is 0 Å². The summed E-state index contributed by atoms with van der Waals surface area (Å²) in [5.41, 5.74) is -1.28. The maximum atomic E-state index is 12.4. The summed E-state index contributed by atoms with van der Waals surface area (Å²) in [6, 6.07) is 0. The number of hydrogen-bond donors (Lipinski definition) is 3. The summed E-state index contributed by atoms with van der Waals surface area (Å²) in [6.07, 6.45) is 0.668. The van der Waals surface area contributed by atoms with Gasteiger partial charge >= 0.3 is 5.97 Å². The molecule has 124 valence electrons. The molecule has 0 aliphatic carbocycles. The number of aliphatic hydroxyl groups is 3. The zero-order chi connectivity index (χ0) is 16.7. The third-order valence-electron chi connectivity index (χ3n) is 4.53. The van der Waals surface area contributed by atoms with Crippen molar-refractivity contribution < 1.29 is 29.5 Å². The fraction of sp³-hybridized carbons (Fsp3) is 0.667. The van der Waals surface area contributed by atoms with E-state index in [1.165, 1.54) is 6.92 Å². The number of carbonyl (C=O) groups is 1. The van der Waals surface area contributed by atoms with E-state index in [4.69, 9.17) is 4.74 Å². The molecule has 3 atom stereocenters. The van der Waals surface area contributed by atoms with Crippen molar-refractivity contribution in [2.24, 2.45) is 5.92 Å². The lowest BCUT2D eigenvalue weighted by Crippen LogP contribution is -2.53. The molecule has 0 radical (unpaired) electrons. The molecule has 0 bridgehead atoms. The third-order valence-corrected chi connectivity index (χ3v) is 4.53. The highest BCUT2D eigenvalue weighted by atomic mass is 16.6. The third kappa shape index (κ3) is 2.54. The number of esters is 1. The molecule has 0 aromatic carbocycles. The number of nitrogens with zero attached hydrogens (tertiary/aromatic N) is 1. The van der Waals surface area contributed by atoms with Crippen molar-refractivity contribution in [2.45, 2.75) is 38.9 Å². The molecule has 0 spiro atoms. The Morgan fingerprint density at radius 3 is 2.68 bits per heavy atom. The Labute approximate surface area is 129 Å². The van der Waals surface area contributed by atoms with Gasteiger partial charge in [-0.15, -0.1) is 0 Å². The molecule has 7 nitrogen and oxygen atoms in total. The van der Waals surface area contributed by atoms with Crippen molar-refractivity contribution in [3.63, 3.8) is 0 Å². The Morgan fingerprint density at radius 1 is 1.50 bits per heavy atom. The lowest BCUT2D eigenvalue weighted by atomic mass is 9.85. The van der Waals surface area contributed by atoms with Gasteiger partial charge in [0.15, 0.2) is 17.1 Å². The standard InChI is InChI=1S/C15H23NO6/c1-9(2)15(20,10(3)17)14(19)22-8-11-4-6-16(21)7-5-12(18)13(11)16/h4,9-10,17-18,20H,5-8H2,1-3H3. The smallest absolute Gasteiger partial charge is 0.341 e. The van der Waals surface area contributed by atoms with Crippen molar-refractivity contribution in [1.29, 1.82) is 0 Å². The first-order chi connectivity index (χ1) is 10.1. The van der Waals surface area contributed by atoms with Gasteiger partial charge in [0, 0.05) is 0 Å². The van der Waals surface area contributed by atoms with Gasteiger partial charge in [-0.3, -0.25) is 0 Å². The normalized spacial score (nSPS) is 28.4. The van der Waals surface area contributed by atoms with Crippen LogP contribution in [0.5, 0.6) is 0 Å². The van der Waals surface area contributed by atoms with Crippen LogP contribution in [0.1, 0.15) is 27.2 Å². The molecule has 0 fully saturated rings. The molecule has 22 heavy (non-hydrogen) atoms. The van der Waals surface area contributed by atoms with Crippen LogP contribution in [0.4, 0.5) is 0 Å². The molecule has 0 saturated heterocycles. The quantitative estimate of drug-likeness (QED) is 0.392. The average Bonchev–Trinajstić information content (AvgIpc) is 2.92. The molecule has 2 aliphatic rings. The minimum Gasteiger partial charge on any atom is -0.627 e. The van der Waals surface area contributed by atoms with Crippen molar-refractivity contribution in [3.05, 3.63) is 28.3 Å². The lowest BCUT2D eigenvalue weighted by Gasteiger charge is -2.35. The van der Waals surface area contributed by atoms with Gasteiger partial charge < -0.3 is 29.9 Å². The maximum absolute atomic E-state index is 12.4. The van der Waals surface area contributed by atoms with Crippen LogP contribution in [-0.4, -0.2) is 57.3 Å². The summed E-state index contributed by atoms with van der Waals surface area (Å²) in [4.78, 5) is 12.1. The van der Waals surface area contributed by atoms with E-state index in [9.17, 15) is 25.3 Å². The summed E-state index contributed by atoms with van der Waals surface area (Å²) in [6.45, 7) is 4.81. The Kier molecular flexibility index (Phi) is 4.36. The largest absolute Gasteiger partial charge is 0.627 e. The molecule has 0 amide bonds. The molecule has 0 aromatic rings. The van der Waals surface area contributed by atoms with Gasteiger partial charge in [0.05, 0.1) is 24.6 Å². The van der Waals surface area contributed by atoms with Crippen LogP contribution in [-0.2, 0) is 9.53 Å². The molecule has 7 heteroatoms. The predicted molar refractivity (Wildman–Crippen MR) is 78.1 cm³/mol. The summed E-state index contributed by atoms with van der Waals surface area (Å²) in [7, 11) is 0. The van der Waals surface area contributed by atoms with Crippen molar-refractivity contribution in [1.82, 2.24) is 0 Å². The number of rotatable bonds is 5. The Bertz CT molecular complexity index is 528. The van der Waals surface area contributed by atoms with Crippen LogP contribution in [0, 0.1) is 11.1 Å². The Morgan fingerprint density at radius 2 is 2.14 bits per heavy atom. The summed E-state index contributed by atoms with van der Waals surface area (Å²) in [5, 5.41) is 42.2. The van der Waals surface area contributed by atoms with E-state index < -0.39 is 28.2 Å². The topological polar surface area (TPSA) is 110 Å². The van der Waals surface area contributed by atoms with Gasteiger partial charge in [-0.25, -0.2) is 4.79 Å². The van der Waals surface area contributed by atoms with Gasteiger partial charge in [-0.05, 0) is 18.9 Å². The van der Waals surface area contributed by atoms with E-state index in [2.05, 4.69) is 0 Å². The summed E-state index contributed by atoms with van der Waals surface area (Å²) >= 11 is 0. The first-order valence-corrected chi connectivity index (χ1v) is 7.40. The molecular weight excluding hydrogens is 290 g/mol. The second-order valence-electron chi connectivity index (χ2n) is 6.30. The molecule has 0 saturated carbocycles. The zero-order valence-electron chi connectivity index (χ0n) is 13.1. The number of quaternary nitrogens is 1. The Balaban J connectivity index is 2.08. The lowest BCUT2D eigenvalue weighted by molar-refractivity contribution is -0.823. The van der Waals surface area contributed by atoms with E-state index in [1.54, 1.807) is 19.9 Å². The van der Waals surface area contributed by atoms with Crippen molar-refractivity contribution in [3.8, 4) is 0 Å². The minimum absolute atomic E-state index is 0.0319. The Hall–Kier alpha value is -1.41. The highest BCUT2D eigenvalue weighted by Gasteiger charge is 2.46. The zero-order valence-corrected chi connectivity index (χ0v) is 13.1. The molecule has 3 N–H and O–H groups in total. The molecule has 0 aromatic heterocycles. The summed E-state index contributed by atoms with van der Waals surface area (Å²) < 4.78 is 4.48. The number of hydroxylamine groups is 3. The minimum atomic E-state index is -2.01. The number of fused-ring (bicyclic) bond motifs is 1. The monoisotopic (exact) mass is 313 g/mol. The first kappa shape index (κ1) is 17.0. The van der Waals surface area contributed by atoms with Crippen LogP contribution in [0.25, 0.3) is 0 Å². The second-order valence-corrected chi connectivity index (χ2v) is 6.30. The van der Waals surface area contributed by atoms with E-state index >= 15 is 0 Å². The van der Waals surface area contributed by atoms with Crippen molar-refractivity contribution in [2.75, 3.05) is 19.7 Å². The maximum Gasteiger partial charge on any atom is 0.341 e.